The summed E-state index contributed by atoms with van der Waals surface area (Å²) in [6.07, 6.45) is 0. The Morgan fingerprint density at radius 3 is 1.27 bits per heavy atom. The molecule has 0 nitrogen and oxygen atoms in total. The van der Waals surface area contributed by atoms with Gasteiger partial charge in [0.25, 0.3) is 0 Å². The van der Waals surface area contributed by atoms with Gasteiger partial charge in [0.05, 0.1) is 0 Å². The summed E-state index contributed by atoms with van der Waals surface area (Å²) in [4.78, 5) is 2.04. The minimum atomic E-state index is -0.0648. The van der Waals surface area contributed by atoms with E-state index in [9.17, 15) is 0 Å². The first-order valence-corrected chi connectivity index (χ1v) is 7.52. The first-order valence-electron chi connectivity index (χ1n) is 4.47. The first kappa shape index (κ1) is 11.4. The van der Waals surface area contributed by atoms with Crippen LogP contribution in [-0.2, 0) is 0 Å². The fourth-order valence-corrected chi connectivity index (χ4v) is 3.59. The van der Waals surface area contributed by atoms with Gasteiger partial charge in [-0.1, -0.05) is 0 Å². The van der Waals surface area contributed by atoms with Crippen LogP contribution in [0.4, 0.5) is 0 Å². The lowest BCUT2D eigenvalue weighted by atomic mass is 10.4. The highest BCUT2D eigenvalue weighted by Crippen LogP contribution is 2.03. The molecule has 0 saturated heterocycles. The Labute approximate surface area is 111 Å². The van der Waals surface area contributed by atoms with Crippen molar-refractivity contribution in [1.29, 1.82) is 0 Å². The largest absolute Gasteiger partial charge is 0.357 e. The molecule has 0 aliphatic rings. The summed E-state index contributed by atoms with van der Waals surface area (Å²) < 4.78 is 2.83. The van der Waals surface area contributed by atoms with Crippen molar-refractivity contribution < 1.29 is 21.2 Å². The van der Waals surface area contributed by atoms with Crippen LogP contribution in [0.5, 0.6) is 0 Å². The van der Waals surface area contributed by atoms with Crippen LogP contribution in [0.15, 0.2) is 58.3 Å². The summed E-state index contributed by atoms with van der Waals surface area (Å²) in [5.74, 6) is 0. The Kier molecular flexibility index (Phi) is 3.99. The van der Waals surface area contributed by atoms with Gasteiger partial charge in [0.15, 0.2) is 7.14 Å². The molecule has 0 aromatic heterocycles. The second-order valence-corrected chi connectivity index (χ2v) is 7.11. The van der Waals surface area contributed by atoms with Crippen molar-refractivity contribution in [3.8, 4) is 0 Å². The fraction of sp³-hybridized carbons (Fsp3) is 0. The maximum absolute atomic E-state index is 4.27. The van der Waals surface area contributed by atoms with Crippen molar-refractivity contribution in [1.82, 2.24) is 0 Å². The summed E-state index contributed by atoms with van der Waals surface area (Å²) in [6, 6.07) is 16.8. The highest BCUT2D eigenvalue weighted by molar-refractivity contribution is 7.80. The van der Waals surface area contributed by atoms with Crippen molar-refractivity contribution in [2.24, 2.45) is 0 Å². The summed E-state index contributed by atoms with van der Waals surface area (Å²) in [6.45, 7) is 0. The van der Waals surface area contributed by atoms with Crippen molar-refractivity contribution in [3.63, 3.8) is 0 Å². The number of halogens is 1. The highest BCUT2D eigenvalue weighted by Gasteiger charge is 2.14. The van der Waals surface area contributed by atoms with Gasteiger partial charge in [0.1, 0.15) is 0 Å². The van der Waals surface area contributed by atoms with E-state index < -0.39 is 0 Å². The summed E-state index contributed by atoms with van der Waals surface area (Å²) in [7, 11) is 0. The molecule has 0 spiro atoms. The van der Waals surface area contributed by atoms with Crippen LogP contribution in [0.3, 0.4) is 0 Å². The monoisotopic (exact) mass is 345 g/mol. The molecule has 2 rings (SSSR count). The average molecular weight is 345 g/mol. The third-order valence-electron chi connectivity index (χ3n) is 1.87. The Balaban J connectivity index is 2.15. The molecule has 0 amide bonds. The Morgan fingerprint density at radius 1 is 0.600 bits per heavy atom. The molecule has 0 bridgehead atoms. The fourth-order valence-electron chi connectivity index (χ4n) is 1.13. The van der Waals surface area contributed by atoms with E-state index in [1.54, 1.807) is 0 Å². The SMILES string of the molecule is Sc1ccc([I+]c2ccc(S)cc2)cc1. The minimum Gasteiger partial charge on any atom is -0.143 e. The van der Waals surface area contributed by atoms with Gasteiger partial charge in [0, 0.05) is 9.79 Å². The lowest BCUT2D eigenvalue weighted by molar-refractivity contribution is -0.597. The Hall–Kier alpha value is -0.130. The van der Waals surface area contributed by atoms with Crippen LogP contribution in [0.2, 0.25) is 0 Å². The van der Waals surface area contributed by atoms with E-state index in [1.165, 1.54) is 7.14 Å². The molecule has 0 atom stereocenters. The Bertz CT molecular complexity index is 391. The van der Waals surface area contributed by atoms with Crippen LogP contribution >= 0.6 is 25.3 Å². The molecule has 0 radical (unpaired) electrons. The van der Waals surface area contributed by atoms with E-state index in [4.69, 9.17) is 0 Å². The molecule has 15 heavy (non-hydrogen) atoms. The zero-order valence-electron chi connectivity index (χ0n) is 7.89. The van der Waals surface area contributed by atoms with Gasteiger partial charge < -0.3 is 0 Å². The molecular weight excluding hydrogens is 335 g/mol. The minimum absolute atomic E-state index is 0.0648. The number of hydrogen-bond acceptors (Lipinski definition) is 2. The highest BCUT2D eigenvalue weighted by atomic mass is 127. The zero-order valence-corrected chi connectivity index (χ0v) is 11.8. The molecule has 0 N–H and O–H groups in total. The Morgan fingerprint density at radius 2 is 0.933 bits per heavy atom. The third kappa shape index (κ3) is 3.43. The smallest absolute Gasteiger partial charge is 0.143 e. The summed E-state index contributed by atoms with van der Waals surface area (Å²) >= 11 is 8.48. The van der Waals surface area contributed by atoms with E-state index in [0.29, 0.717) is 0 Å². The van der Waals surface area contributed by atoms with E-state index in [1.807, 2.05) is 24.3 Å². The molecule has 0 fully saturated rings. The number of hydrogen-bond donors (Lipinski definition) is 2. The van der Waals surface area contributed by atoms with Crippen LogP contribution < -0.4 is 21.2 Å². The number of benzene rings is 2. The molecule has 0 unspecified atom stereocenters. The van der Waals surface area contributed by atoms with Gasteiger partial charge in [-0.05, 0) is 48.5 Å². The van der Waals surface area contributed by atoms with Crippen molar-refractivity contribution in [3.05, 3.63) is 55.7 Å². The van der Waals surface area contributed by atoms with E-state index in [0.717, 1.165) is 9.79 Å². The molecule has 0 aliphatic heterocycles. The molecule has 2 aromatic carbocycles. The first-order chi connectivity index (χ1) is 7.24. The maximum Gasteiger partial charge on any atom is 0.357 e. The van der Waals surface area contributed by atoms with Crippen LogP contribution in [-0.4, -0.2) is 0 Å². The topological polar surface area (TPSA) is 0 Å². The molecule has 0 heterocycles. The van der Waals surface area contributed by atoms with Crippen molar-refractivity contribution in [2.75, 3.05) is 0 Å². The van der Waals surface area contributed by atoms with E-state index in [-0.39, 0.29) is 21.2 Å². The van der Waals surface area contributed by atoms with Crippen molar-refractivity contribution >= 4 is 25.3 Å². The molecule has 76 valence electrons. The van der Waals surface area contributed by atoms with Gasteiger partial charge in [-0.3, -0.25) is 0 Å². The lowest BCUT2D eigenvalue weighted by Gasteiger charge is -1.90. The van der Waals surface area contributed by atoms with Crippen molar-refractivity contribution in [2.45, 2.75) is 9.79 Å². The zero-order chi connectivity index (χ0) is 10.7. The van der Waals surface area contributed by atoms with Gasteiger partial charge in [-0.25, -0.2) is 0 Å². The second-order valence-electron chi connectivity index (χ2n) is 3.05. The van der Waals surface area contributed by atoms with Gasteiger partial charge in [0.2, 0.25) is 0 Å². The molecule has 2 aromatic rings. The average Bonchev–Trinajstić information content (AvgIpc) is 2.25. The third-order valence-corrected chi connectivity index (χ3v) is 5.15. The predicted molar refractivity (Wildman–Crippen MR) is 64.8 cm³/mol. The molecular formula is C12H10IS2+. The maximum atomic E-state index is 4.27. The van der Waals surface area contributed by atoms with Crippen LogP contribution in [0.1, 0.15) is 0 Å². The summed E-state index contributed by atoms with van der Waals surface area (Å²) in [5.41, 5.74) is 0. The van der Waals surface area contributed by atoms with Gasteiger partial charge in [-0.2, -0.15) is 0 Å². The summed E-state index contributed by atoms with van der Waals surface area (Å²) in [5, 5.41) is 0. The molecule has 3 heteroatoms. The molecule has 0 aliphatic carbocycles. The lowest BCUT2D eigenvalue weighted by Crippen LogP contribution is -3.61. The van der Waals surface area contributed by atoms with E-state index in [2.05, 4.69) is 49.5 Å². The normalized spacial score (nSPS) is 10.3. The van der Waals surface area contributed by atoms with E-state index >= 15 is 0 Å². The van der Waals surface area contributed by atoms with Gasteiger partial charge in [-0.15, -0.1) is 25.3 Å². The quantitative estimate of drug-likeness (QED) is 0.571. The standard InChI is InChI=1S/C12H9IS2/c14-11-5-1-9(2-6-11)13-10-3-7-12(15)8-4-10/h1-8H,(H-,14,15)/p+1. The second kappa shape index (κ2) is 5.27. The number of rotatable bonds is 2. The van der Waals surface area contributed by atoms with Crippen LogP contribution in [0, 0.1) is 7.14 Å². The number of thiol groups is 2. The predicted octanol–water partition coefficient (Wildman–Crippen LogP) is 0.392. The van der Waals surface area contributed by atoms with Crippen LogP contribution in [0.25, 0.3) is 0 Å². The molecule has 0 saturated carbocycles. The van der Waals surface area contributed by atoms with Gasteiger partial charge >= 0.3 is 21.2 Å².